The molecule has 7 heteroatoms. The van der Waals surface area contributed by atoms with E-state index in [9.17, 15) is 9.59 Å². The molecule has 1 aliphatic heterocycles. The average molecular weight is 319 g/mol. The van der Waals surface area contributed by atoms with Gasteiger partial charge in [0.1, 0.15) is 5.92 Å². The summed E-state index contributed by atoms with van der Waals surface area (Å²) in [6.07, 6.45) is 0.483. The number of anilines is 2. The first-order valence-corrected chi connectivity index (χ1v) is 7.32. The lowest BCUT2D eigenvalue weighted by Gasteiger charge is -2.16. The van der Waals surface area contributed by atoms with Gasteiger partial charge in [-0.05, 0) is 37.6 Å². The molecule has 0 saturated carbocycles. The van der Waals surface area contributed by atoms with E-state index in [4.69, 9.17) is 11.6 Å². The first-order chi connectivity index (χ1) is 10.5. The monoisotopic (exact) mass is 318 g/mol. The smallest absolute Gasteiger partial charge is 0.239 e. The molecule has 2 amide bonds. The van der Waals surface area contributed by atoms with E-state index in [1.807, 2.05) is 6.92 Å². The Morgan fingerprint density at radius 1 is 1.41 bits per heavy atom. The average Bonchev–Trinajstić information content (AvgIpc) is 3.06. The third kappa shape index (κ3) is 2.82. The van der Waals surface area contributed by atoms with Crippen LogP contribution in [0.3, 0.4) is 0 Å². The molecule has 2 N–H and O–H groups in total. The topological polar surface area (TPSA) is 78.1 Å². The predicted molar refractivity (Wildman–Crippen MR) is 83.9 cm³/mol. The summed E-state index contributed by atoms with van der Waals surface area (Å²) in [5.74, 6) is -0.784. The Labute approximate surface area is 132 Å². The maximum absolute atomic E-state index is 12.4. The van der Waals surface area contributed by atoms with Crippen LogP contribution in [0, 0.1) is 12.8 Å². The van der Waals surface area contributed by atoms with Crippen molar-refractivity contribution in [2.45, 2.75) is 13.3 Å². The van der Waals surface area contributed by atoms with E-state index < -0.39 is 5.92 Å². The molecule has 1 aromatic heterocycles. The van der Waals surface area contributed by atoms with Crippen molar-refractivity contribution in [3.05, 3.63) is 41.0 Å². The Morgan fingerprint density at radius 3 is 2.77 bits per heavy atom. The second-order valence-electron chi connectivity index (χ2n) is 5.23. The van der Waals surface area contributed by atoms with Gasteiger partial charge in [0.05, 0.1) is 0 Å². The van der Waals surface area contributed by atoms with E-state index in [2.05, 4.69) is 15.5 Å². The third-order valence-corrected chi connectivity index (χ3v) is 3.87. The zero-order valence-corrected chi connectivity index (χ0v) is 12.7. The van der Waals surface area contributed by atoms with Crippen LogP contribution in [0.1, 0.15) is 12.1 Å². The van der Waals surface area contributed by atoms with Crippen LogP contribution in [0.5, 0.6) is 0 Å². The minimum Gasteiger partial charge on any atom is -0.312 e. The summed E-state index contributed by atoms with van der Waals surface area (Å²) in [7, 11) is 0. The standard InChI is InChI=1S/C15H15ClN4O2/c1-9-8-13(19-18-9)17-14(21)12-6-7-20(15(12)22)11-4-2-10(16)3-5-11/h2-5,8,12H,6-7H2,1H3,(H2,17,18,19,21). The number of aromatic nitrogens is 2. The zero-order valence-electron chi connectivity index (χ0n) is 12.0. The van der Waals surface area contributed by atoms with Crippen LogP contribution in [0.2, 0.25) is 5.02 Å². The van der Waals surface area contributed by atoms with E-state index >= 15 is 0 Å². The number of H-pyrrole nitrogens is 1. The number of hydrogen-bond acceptors (Lipinski definition) is 3. The summed E-state index contributed by atoms with van der Waals surface area (Å²) in [5, 5.41) is 9.96. The van der Waals surface area contributed by atoms with Crippen molar-refractivity contribution in [1.29, 1.82) is 0 Å². The van der Waals surface area contributed by atoms with Gasteiger partial charge >= 0.3 is 0 Å². The van der Waals surface area contributed by atoms with Crippen LogP contribution in [0.15, 0.2) is 30.3 Å². The van der Waals surface area contributed by atoms with E-state index in [1.54, 1.807) is 35.2 Å². The van der Waals surface area contributed by atoms with Crippen molar-refractivity contribution in [1.82, 2.24) is 10.2 Å². The van der Waals surface area contributed by atoms with Crippen molar-refractivity contribution >= 4 is 34.9 Å². The van der Waals surface area contributed by atoms with Gasteiger partial charge in [-0.2, -0.15) is 5.10 Å². The van der Waals surface area contributed by atoms with Crippen molar-refractivity contribution in [2.75, 3.05) is 16.8 Å². The minimum atomic E-state index is -0.687. The minimum absolute atomic E-state index is 0.202. The Bertz CT molecular complexity index is 711. The fourth-order valence-corrected chi connectivity index (χ4v) is 2.62. The Kier molecular flexibility index (Phi) is 3.85. The molecule has 2 aromatic rings. The molecule has 1 saturated heterocycles. The van der Waals surface area contributed by atoms with Gasteiger partial charge in [0.2, 0.25) is 11.8 Å². The van der Waals surface area contributed by atoms with Gasteiger partial charge in [0.25, 0.3) is 0 Å². The van der Waals surface area contributed by atoms with Crippen molar-refractivity contribution in [3.63, 3.8) is 0 Å². The van der Waals surface area contributed by atoms with E-state index in [0.717, 1.165) is 11.4 Å². The molecule has 114 valence electrons. The first kappa shape index (κ1) is 14.6. The summed E-state index contributed by atoms with van der Waals surface area (Å²) in [6, 6.07) is 8.72. The summed E-state index contributed by atoms with van der Waals surface area (Å²) < 4.78 is 0. The molecule has 1 unspecified atom stereocenters. The lowest BCUT2D eigenvalue weighted by atomic mass is 10.1. The number of nitrogens with one attached hydrogen (secondary N) is 2. The number of aromatic amines is 1. The number of rotatable bonds is 3. The highest BCUT2D eigenvalue weighted by Gasteiger charge is 2.37. The molecule has 0 radical (unpaired) electrons. The fourth-order valence-electron chi connectivity index (χ4n) is 2.50. The number of hydrogen-bond donors (Lipinski definition) is 2. The Morgan fingerprint density at radius 2 is 2.14 bits per heavy atom. The van der Waals surface area contributed by atoms with Gasteiger partial charge in [-0.3, -0.25) is 14.7 Å². The number of nitrogens with zero attached hydrogens (tertiary/aromatic N) is 2. The highest BCUT2D eigenvalue weighted by Crippen LogP contribution is 2.27. The quantitative estimate of drug-likeness (QED) is 0.853. The van der Waals surface area contributed by atoms with Crippen molar-refractivity contribution < 1.29 is 9.59 Å². The molecular formula is C15H15ClN4O2. The molecule has 2 heterocycles. The van der Waals surface area contributed by atoms with Gasteiger partial charge in [0.15, 0.2) is 5.82 Å². The van der Waals surface area contributed by atoms with Crippen molar-refractivity contribution in [3.8, 4) is 0 Å². The maximum atomic E-state index is 12.4. The molecule has 1 fully saturated rings. The van der Waals surface area contributed by atoms with Crippen molar-refractivity contribution in [2.24, 2.45) is 5.92 Å². The highest BCUT2D eigenvalue weighted by molar-refractivity contribution is 6.30. The second-order valence-corrected chi connectivity index (χ2v) is 5.67. The van der Waals surface area contributed by atoms with E-state index in [-0.39, 0.29) is 11.8 Å². The van der Waals surface area contributed by atoms with Crippen LogP contribution in [0.25, 0.3) is 0 Å². The van der Waals surface area contributed by atoms with Crippen LogP contribution in [-0.2, 0) is 9.59 Å². The summed E-state index contributed by atoms with van der Waals surface area (Å²) in [6.45, 7) is 2.35. The highest BCUT2D eigenvalue weighted by atomic mass is 35.5. The molecule has 0 spiro atoms. The van der Waals surface area contributed by atoms with Gasteiger partial charge in [-0.15, -0.1) is 0 Å². The Balaban J connectivity index is 1.70. The zero-order chi connectivity index (χ0) is 15.7. The number of carbonyl (C=O) groups excluding carboxylic acids is 2. The number of halogens is 1. The number of carbonyl (C=O) groups is 2. The van der Waals surface area contributed by atoms with Crippen LogP contribution in [0.4, 0.5) is 11.5 Å². The Hall–Kier alpha value is -2.34. The first-order valence-electron chi connectivity index (χ1n) is 6.94. The molecule has 1 aliphatic rings. The van der Waals surface area contributed by atoms with Gasteiger partial charge in [0, 0.05) is 29.0 Å². The van der Waals surface area contributed by atoms with Gasteiger partial charge in [-0.25, -0.2) is 0 Å². The molecular weight excluding hydrogens is 304 g/mol. The SMILES string of the molecule is Cc1cc(NC(=O)C2CCN(c3ccc(Cl)cc3)C2=O)n[nH]1. The number of amides is 2. The number of aryl methyl sites for hydroxylation is 1. The van der Waals surface area contributed by atoms with E-state index in [0.29, 0.717) is 23.8 Å². The van der Waals surface area contributed by atoms with E-state index in [1.165, 1.54) is 0 Å². The fraction of sp³-hybridized carbons (Fsp3) is 0.267. The summed E-state index contributed by atoms with van der Waals surface area (Å²) >= 11 is 5.85. The third-order valence-electron chi connectivity index (χ3n) is 3.62. The largest absolute Gasteiger partial charge is 0.312 e. The molecule has 1 aromatic carbocycles. The lowest BCUT2D eigenvalue weighted by Crippen LogP contribution is -2.33. The summed E-state index contributed by atoms with van der Waals surface area (Å²) in [4.78, 5) is 26.3. The molecule has 0 bridgehead atoms. The van der Waals surface area contributed by atoms with Crippen LogP contribution < -0.4 is 10.2 Å². The number of benzene rings is 1. The lowest BCUT2D eigenvalue weighted by molar-refractivity contribution is -0.129. The normalized spacial score (nSPS) is 17.8. The molecule has 6 nitrogen and oxygen atoms in total. The maximum Gasteiger partial charge on any atom is 0.239 e. The van der Waals surface area contributed by atoms with Crippen LogP contribution in [-0.4, -0.2) is 28.6 Å². The van der Waals surface area contributed by atoms with Crippen LogP contribution >= 0.6 is 11.6 Å². The molecule has 22 heavy (non-hydrogen) atoms. The molecule has 1 atom stereocenters. The molecule has 3 rings (SSSR count). The second kappa shape index (κ2) is 5.81. The predicted octanol–water partition coefficient (Wildman–Crippen LogP) is 2.36. The summed E-state index contributed by atoms with van der Waals surface area (Å²) in [5.41, 5.74) is 1.59. The van der Waals surface area contributed by atoms with Gasteiger partial charge in [-0.1, -0.05) is 11.6 Å². The van der Waals surface area contributed by atoms with Gasteiger partial charge < -0.3 is 10.2 Å². The molecule has 0 aliphatic carbocycles.